The fraction of sp³-hybridized carbons (Fsp3) is 0.200. The number of hydrogen-bond acceptors (Lipinski definition) is 5. The largest absolute Gasteiger partial charge is 0.484 e. The first kappa shape index (κ1) is 20.0. The topological polar surface area (TPSA) is 99.3 Å². The summed E-state index contributed by atoms with van der Waals surface area (Å²) in [5, 5.41) is 17.8. The number of nitro groups is 1. The summed E-state index contributed by atoms with van der Waals surface area (Å²) in [6, 6.07) is 10.8. The number of amides is 1. The number of nitrogens with zero attached hydrogens (tertiary/aromatic N) is 3. The molecular weight excluding hydrogens is 379 g/mol. The van der Waals surface area contributed by atoms with Gasteiger partial charge in [0.1, 0.15) is 11.6 Å². The van der Waals surface area contributed by atoms with E-state index in [0.717, 1.165) is 34.6 Å². The summed E-state index contributed by atoms with van der Waals surface area (Å²) < 4.78 is 20.5. The van der Waals surface area contributed by atoms with Gasteiger partial charge in [-0.25, -0.2) is 4.68 Å². The van der Waals surface area contributed by atoms with E-state index in [1.54, 1.807) is 10.7 Å². The van der Waals surface area contributed by atoms with Crippen molar-refractivity contribution in [1.82, 2.24) is 9.78 Å². The van der Waals surface area contributed by atoms with Gasteiger partial charge in [-0.15, -0.1) is 0 Å². The molecule has 8 nitrogen and oxygen atoms in total. The molecule has 0 unspecified atom stereocenters. The van der Waals surface area contributed by atoms with Crippen LogP contribution < -0.4 is 10.1 Å². The van der Waals surface area contributed by atoms with E-state index in [9.17, 15) is 19.3 Å². The number of nitro benzene ring substituents is 1. The van der Waals surface area contributed by atoms with Gasteiger partial charge in [-0.1, -0.05) is 6.07 Å². The molecule has 3 rings (SSSR count). The summed E-state index contributed by atoms with van der Waals surface area (Å²) in [6.45, 7) is 5.36. The lowest BCUT2D eigenvalue weighted by Crippen LogP contribution is -2.22. The van der Waals surface area contributed by atoms with Crippen LogP contribution in [0.2, 0.25) is 0 Å². The molecule has 29 heavy (non-hydrogen) atoms. The molecule has 0 saturated carbocycles. The fourth-order valence-electron chi connectivity index (χ4n) is 2.91. The highest BCUT2D eigenvalue weighted by atomic mass is 19.1. The number of nitrogens with one attached hydrogen (secondary N) is 1. The molecular formula is C20H19FN4O4. The van der Waals surface area contributed by atoms with Crippen LogP contribution in [0.4, 0.5) is 15.9 Å². The number of benzene rings is 2. The lowest BCUT2D eigenvalue weighted by Gasteiger charge is -2.11. The Labute approximate surface area is 166 Å². The Kier molecular flexibility index (Phi) is 5.58. The summed E-state index contributed by atoms with van der Waals surface area (Å²) in [7, 11) is 0. The molecule has 1 amide bonds. The van der Waals surface area contributed by atoms with Gasteiger partial charge in [0.25, 0.3) is 5.91 Å². The number of halogens is 1. The van der Waals surface area contributed by atoms with Crippen LogP contribution in [0.3, 0.4) is 0 Å². The number of carbonyl (C=O) groups excluding carboxylic acids is 1. The summed E-state index contributed by atoms with van der Waals surface area (Å²) in [6.07, 6.45) is 0. The maximum atomic E-state index is 13.6. The Morgan fingerprint density at radius 1 is 1.17 bits per heavy atom. The smallest absolute Gasteiger partial charge is 0.305 e. The molecule has 0 aliphatic heterocycles. The molecule has 1 aromatic heterocycles. The van der Waals surface area contributed by atoms with Crippen LogP contribution in [0.1, 0.15) is 16.8 Å². The van der Waals surface area contributed by atoms with Crippen molar-refractivity contribution in [2.24, 2.45) is 0 Å². The predicted octanol–water partition coefficient (Wildman–Crippen LogP) is 3.86. The second-order valence-electron chi connectivity index (χ2n) is 6.64. The molecule has 0 saturated heterocycles. The Hall–Kier alpha value is -3.75. The number of anilines is 1. The van der Waals surface area contributed by atoms with Crippen LogP contribution in [-0.2, 0) is 4.79 Å². The van der Waals surface area contributed by atoms with Crippen LogP contribution in [0.5, 0.6) is 5.75 Å². The normalized spacial score (nSPS) is 10.6. The lowest BCUT2D eigenvalue weighted by atomic mass is 10.1. The third kappa shape index (κ3) is 4.75. The minimum atomic E-state index is -1.03. The van der Waals surface area contributed by atoms with Crippen LogP contribution in [0, 0.1) is 36.7 Å². The van der Waals surface area contributed by atoms with Gasteiger partial charge in [-0.05, 0) is 50.1 Å². The zero-order valence-corrected chi connectivity index (χ0v) is 16.1. The van der Waals surface area contributed by atoms with Gasteiger partial charge in [0.15, 0.2) is 6.61 Å². The number of hydrogen-bond donors (Lipinski definition) is 1. The highest BCUT2D eigenvalue weighted by Crippen LogP contribution is 2.23. The third-order valence-electron chi connectivity index (χ3n) is 4.04. The Balaban J connectivity index is 1.72. The second kappa shape index (κ2) is 8.09. The fourth-order valence-corrected chi connectivity index (χ4v) is 2.91. The molecule has 1 heterocycles. The Morgan fingerprint density at radius 2 is 1.86 bits per heavy atom. The average molecular weight is 398 g/mol. The summed E-state index contributed by atoms with van der Waals surface area (Å²) in [5.74, 6) is -1.02. The maximum Gasteiger partial charge on any atom is 0.305 e. The van der Waals surface area contributed by atoms with Crippen LogP contribution >= 0.6 is 0 Å². The molecule has 0 radical (unpaired) electrons. The average Bonchev–Trinajstić information content (AvgIpc) is 2.99. The zero-order valence-electron chi connectivity index (χ0n) is 16.1. The van der Waals surface area contributed by atoms with E-state index in [4.69, 9.17) is 4.74 Å². The Morgan fingerprint density at radius 3 is 2.48 bits per heavy atom. The zero-order chi connectivity index (χ0) is 21.1. The molecule has 0 spiro atoms. The number of aromatic nitrogens is 2. The first-order chi connectivity index (χ1) is 13.7. The van der Waals surface area contributed by atoms with E-state index in [2.05, 4.69) is 10.4 Å². The van der Waals surface area contributed by atoms with Gasteiger partial charge in [0, 0.05) is 18.2 Å². The van der Waals surface area contributed by atoms with Gasteiger partial charge in [-0.2, -0.15) is 9.49 Å². The molecule has 3 aromatic rings. The van der Waals surface area contributed by atoms with Gasteiger partial charge >= 0.3 is 5.69 Å². The van der Waals surface area contributed by atoms with E-state index in [0.29, 0.717) is 5.82 Å². The summed E-state index contributed by atoms with van der Waals surface area (Å²) in [4.78, 5) is 22.1. The number of aryl methyl sites for hydroxylation is 3. The van der Waals surface area contributed by atoms with Crippen molar-refractivity contribution >= 4 is 17.4 Å². The molecule has 0 bridgehead atoms. The van der Waals surface area contributed by atoms with Crippen molar-refractivity contribution in [3.8, 4) is 11.4 Å². The first-order valence-corrected chi connectivity index (χ1v) is 8.75. The van der Waals surface area contributed by atoms with E-state index < -0.39 is 28.9 Å². The van der Waals surface area contributed by atoms with Gasteiger partial charge in [0.2, 0.25) is 5.82 Å². The van der Waals surface area contributed by atoms with Crippen molar-refractivity contribution in [3.63, 3.8) is 0 Å². The predicted molar refractivity (Wildman–Crippen MR) is 105 cm³/mol. The van der Waals surface area contributed by atoms with Crippen LogP contribution in [0.15, 0.2) is 42.5 Å². The van der Waals surface area contributed by atoms with Crippen molar-refractivity contribution in [1.29, 1.82) is 0 Å². The van der Waals surface area contributed by atoms with Crippen molar-refractivity contribution in [3.05, 3.63) is 75.2 Å². The summed E-state index contributed by atoms with van der Waals surface area (Å²) >= 11 is 0. The lowest BCUT2D eigenvalue weighted by molar-refractivity contribution is -0.387. The number of rotatable bonds is 6. The molecule has 1 N–H and O–H groups in total. The maximum absolute atomic E-state index is 13.6. The Bertz CT molecular complexity index is 1070. The summed E-state index contributed by atoms with van der Waals surface area (Å²) in [5.41, 5.74) is 3.00. The molecule has 0 aliphatic rings. The first-order valence-electron chi connectivity index (χ1n) is 8.75. The monoisotopic (exact) mass is 398 g/mol. The molecule has 150 valence electrons. The van der Waals surface area contributed by atoms with E-state index in [1.165, 1.54) is 6.07 Å². The van der Waals surface area contributed by atoms with Crippen LogP contribution in [-0.4, -0.2) is 27.2 Å². The third-order valence-corrected chi connectivity index (χ3v) is 4.04. The molecule has 0 aliphatic carbocycles. The molecule has 9 heteroatoms. The van der Waals surface area contributed by atoms with Crippen molar-refractivity contribution < 1.29 is 18.8 Å². The van der Waals surface area contributed by atoms with Gasteiger partial charge < -0.3 is 10.1 Å². The molecule has 2 aromatic carbocycles. The standard InChI is InChI=1S/C20H19FN4O4/c1-12-6-13(2)8-15(7-12)24-19(9-14(3)23-24)22-20(26)11-29-16-4-5-18(25(27)28)17(21)10-16/h4-10H,11H2,1-3H3,(H,22,26). The number of ether oxygens (including phenoxy) is 1. The van der Waals surface area contributed by atoms with Crippen molar-refractivity contribution in [2.45, 2.75) is 20.8 Å². The molecule has 0 fully saturated rings. The highest BCUT2D eigenvalue weighted by molar-refractivity contribution is 5.91. The molecule has 0 atom stereocenters. The van der Waals surface area contributed by atoms with E-state index in [1.807, 2.05) is 39.0 Å². The SMILES string of the molecule is Cc1cc(C)cc(-n2nc(C)cc2NC(=O)COc2ccc([N+](=O)[O-])c(F)c2)c1. The number of carbonyl (C=O) groups is 1. The minimum Gasteiger partial charge on any atom is -0.484 e. The van der Waals surface area contributed by atoms with Crippen LogP contribution in [0.25, 0.3) is 5.69 Å². The highest BCUT2D eigenvalue weighted by Gasteiger charge is 2.16. The van der Waals surface area contributed by atoms with Gasteiger partial charge in [0.05, 0.1) is 16.3 Å². The van der Waals surface area contributed by atoms with E-state index in [-0.39, 0.29) is 5.75 Å². The van der Waals surface area contributed by atoms with E-state index >= 15 is 0 Å². The van der Waals surface area contributed by atoms with Gasteiger partial charge in [-0.3, -0.25) is 14.9 Å². The second-order valence-corrected chi connectivity index (χ2v) is 6.64. The quantitative estimate of drug-likeness (QED) is 0.502. The van der Waals surface area contributed by atoms with Crippen molar-refractivity contribution in [2.75, 3.05) is 11.9 Å². The minimum absolute atomic E-state index is 0.0160.